The zero-order chi connectivity index (χ0) is 16.9. The Labute approximate surface area is 145 Å². The van der Waals surface area contributed by atoms with Gasteiger partial charge in [-0.25, -0.2) is 4.79 Å². The highest BCUT2D eigenvalue weighted by Gasteiger charge is 2.11. The van der Waals surface area contributed by atoms with Gasteiger partial charge < -0.3 is 20.1 Å². The Morgan fingerprint density at radius 3 is 2.75 bits per heavy atom. The molecular weight excluding hydrogens is 328 g/mol. The van der Waals surface area contributed by atoms with Crippen molar-refractivity contribution in [3.8, 4) is 11.5 Å². The summed E-state index contributed by atoms with van der Waals surface area (Å²) >= 11 is 5.95. The number of hydrogen-bond donors (Lipinski definition) is 2. The van der Waals surface area contributed by atoms with E-state index in [-0.39, 0.29) is 6.03 Å². The maximum absolute atomic E-state index is 12.0. The summed E-state index contributed by atoms with van der Waals surface area (Å²) in [5.41, 5.74) is 2.75. The highest BCUT2D eigenvalue weighted by Crippen LogP contribution is 2.30. The van der Waals surface area contributed by atoms with Gasteiger partial charge in [0.2, 0.25) is 0 Å². The largest absolute Gasteiger partial charge is 0.486 e. The van der Waals surface area contributed by atoms with Crippen molar-refractivity contribution >= 4 is 23.3 Å². The van der Waals surface area contributed by atoms with Crippen LogP contribution in [0.15, 0.2) is 36.4 Å². The number of amides is 2. The van der Waals surface area contributed by atoms with Crippen molar-refractivity contribution in [2.75, 3.05) is 25.1 Å². The molecule has 0 aromatic heterocycles. The van der Waals surface area contributed by atoms with E-state index in [1.165, 1.54) is 0 Å². The maximum Gasteiger partial charge on any atom is 0.319 e. The molecule has 0 radical (unpaired) electrons. The number of carbonyl (C=O) groups is 1. The SMILES string of the molecule is Cc1ccc(Cl)cc1NC(=O)NCCc1ccc2c(c1)OCCO2. The predicted octanol–water partition coefficient (Wildman–Crippen LogP) is 3.78. The van der Waals surface area contributed by atoms with Gasteiger partial charge in [0.15, 0.2) is 11.5 Å². The van der Waals surface area contributed by atoms with E-state index >= 15 is 0 Å². The fraction of sp³-hybridized carbons (Fsp3) is 0.278. The van der Waals surface area contributed by atoms with E-state index in [0.717, 1.165) is 22.6 Å². The quantitative estimate of drug-likeness (QED) is 0.885. The number of nitrogens with one attached hydrogen (secondary N) is 2. The Bertz CT molecular complexity index is 749. The number of carbonyl (C=O) groups excluding carboxylic acids is 1. The maximum atomic E-state index is 12.0. The Hall–Kier alpha value is -2.40. The zero-order valence-corrected chi connectivity index (χ0v) is 14.2. The van der Waals surface area contributed by atoms with Crippen LogP contribution in [0.4, 0.5) is 10.5 Å². The van der Waals surface area contributed by atoms with Crippen LogP contribution >= 0.6 is 11.6 Å². The van der Waals surface area contributed by atoms with Gasteiger partial charge in [-0.15, -0.1) is 0 Å². The molecule has 24 heavy (non-hydrogen) atoms. The van der Waals surface area contributed by atoms with Gasteiger partial charge in [-0.3, -0.25) is 0 Å². The number of ether oxygens (including phenoxy) is 2. The number of halogens is 1. The van der Waals surface area contributed by atoms with Gasteiger partial charge in [0, 0.05) is 17.3 Å². The lowest BCUT2D eigenvalue weighted by atomic mass is 10.1. The zero-order valence-electron chi connectivity index (χ0n) is 13.4. The van der Waals surface area contributed by atoms with Crippen LogP contribution in [0, 0.1) is 6.92 Å². The van der Waals surface area contributed by atoms with Gasteiger partial charge in [-0.2, -0.15) is 0 Å². The summed E-state index contributed by atoms with van der Waals surface area (Å²) in [6.45, 7) is 3.58. The van der Waals surface area contributed by atoms with Crippen LogP contribution in [0.5, 0.6) is 11.5 Å². The third-order valence-electron chi connectivity index (χ3n) is 3.75. The number of urea groups is 1. The van der Waals surface area contributed by atoms with Crippen molar-refractivity contribution in [2.45, 2.75) is 13.3 Å². The molecule has 0 bridgehead atoms. The average Bonchev–Trinajstić information content (AvgIpc) is 2.58. The Morgan fingerprint density at radius 2 is 1.92 bits per heavy atom. The molecule has 0 unspecified atom stereocenters. The van der Waals surface area contributed by atoms with Crippen molar-refractivity contribution in [3.63, 3.8) is 0 Å². The smallest absolute Gasteiger partial charge is 0.319 e. The predicted molar refractivity (Wildman–Crippen MR) is 94.3 cm³/mol. The number of hydrogen-bond acceptors (Lipinski definition) is 3. The summed E-state index contributed by atoms with van der Waals surface area (Å²) < 4.78 is 11.1. The van der Waals surface area contributed by atoms with E-state index in [4.69, 9.17) is 21.1 Å². The van der Waals surface area contributed by atoms with Crippen molar-refractivity contribution in [3.05, 3.63) is 52.5 Å². The lowest BCUT2D eigenvalue weighted by molar-refractivity contribution is 0.171. The minimum atomic E-state index is -0.252. The number of fused-ring (bicyclic) bond motifs is 1. The van der Waals surface area contributed by atoms with Gasteiger partial charge in [0.25, 0.3) is 0 Å². The van der Waals surface area contributed by atoms with E-state index < -0.39 is 0 Å². The summed E-state index contributed by atoms with van der Waals surface area (Å²) in [6, 6.07) is 11.0. The second-order valence-corrected chi connectivity index (χ2v) is 6.00. The van der Waals surface area contributed by atoms with E-state index in [1.54, 1.807) is 12.1 Å². The van der Waals surface area contributed by atoms with Gasteiger partial charge in [0.05, 0.1) is 0 Å². The minimum Gasteiger partial charge on any atom is -0.486 e. The van der Waals surface area contributed by atoms with Crippen LogP contribution in [-0.2, 0) is 6.42 Å². The first-order valence-corrected chi connectivity index (χ1v) is 8.19. The third-order valence-corrected chi connectivity index (χ3v) is 3.99. The lowest BCUT2D eigenvalue weighted by Crippen LogP contribution is -2.30. The molecular formula is C18H19ClN2O3. The molecule has 2 aromatic rings. The van der Waals surface area contributed by atoms with Crippen molar-refractivity contribution in [1.82, 2.24) is 5.32 Å². The number of aryl methyl sites for hydroxylation is 1. The molecule has 2 amide bonds. The summed E-state index contributed by atoms with van der Waals surface area (Å²) in [5, 5.41) is 6.24. The van der Waals surface area contributed by atoms with E-state index in [0.29, 0.717) is 36.9 Å². The third kappa shape index (κ3) is 4.11. The van der Waals surface area contributed by atoms with Gasteiger partial charge >= 0.3 is 6.03 Å². The molecule has 2 aromatic carbocycles. The molecule has 1 heterocycles. The molecule has 0 saturated heterocycles. The summed E-state index contributed by atoms with van der Waals surface area (Å²) in [7, 11) is 0. The molecule has 0 fully saturated rings. The molecule has 6 heteroatoms. The molecule has 0 aliphatic carbocycles. The second-order valence-electron chi connectivity index (χ2n) is 5.57. The monoisotopic (exact) mass is 346 g/mol. The molecule has 0 spiro atoms. The minimum absolute atomic E-state index is 0.252. The van der Waals surface area contributed by atoms with Crippen molar-refractivity contribution in [1.29, 1.82) is 0 Å². The molecule has 3 rings (SSSR count). The molecule has 1 aliphatic rings. The second kappa shape index (κ2) is 7.45. The Morgan fingerprint density at radius 1 is 1.12 bits per heavy atom. The summed E-state index contributed by atoms with van der Waals surface area (Å²) in [5.74, 6) is 1.53. The fourth-order valence-corrected chi connectivity index (χ4v) is 2.63. The molecule has 0 saturated carbocycles. The van der Waals surface area contributed by atoms with Crippen molar-refractivity contribution in [2.24, 2.45) is 0 Å². The number of benzene rings is 2. The Kier molecular flexibility index (Phi) is 5.11. The number of rotatable bonds is 4. The molecule has 126 valence electrons. The first kappa shape index (κ1) is 16.5. The fourth-order valence-electron chi connectivity index (χ4n) is 2.46. The normalized spacial score (nSPS) is 12.6. The lowest BCUT2D eigenvalue weighted by Gasteiger charge is -2.19. The van der Waals surface area contributed by atoms with Crippen LogP contribution in [0.3, 0.4) is 0 Å². The van der Waals surface area contributed by atoms with E-state index in [1.807, 2.05) is 31.2 Å². The summed E-state index contributed by atoms with van der Waals surface area (Å²) in [6.07, 6.45) is 0.707. The molecule has 0 atom stereocenters. The highest BCUT2D eigenvalue weighted by molar-refractivity contribution is 6.31. The van der Waals surface area contributed by atoms with Crippen LogP contribution in [0.2, 0.25) is 5.02 Å². The van der Waals surface area contributed by atoms with E-state index in [9.17, 15) is 4.79 Å². The number of anilines is 1. The van der Waals surface area contributed by atoms with Crippen molar-refractivity contribution < 1.29 is 14.3 Å². The van der Waals surface area contributed by atoms with Gasteiger partial charge in [0.1, 0.15) is 13.2 Å². The summed E-state index contributed by atoms with van der Waals surface area (Å²) in [4.78, 5) is 12.0. The van der Waals surface area contributed by atoms with Gasteiger partial charge in [-0.05, 0) is 48.7 Å². The van der Waals surface area contributed by atoms with Crippen LogP contribution in [-0.4, -0.2) is 25.8 Å². The van der Waals surface area contributed by atoms with Gasteiger partial charge in [-0.1, -0.05) is 23.7 Å². The standard InChI is InChI=1S/C18H19ClN2O3/c1-12-2-4-14(19)11-15(12)21-18(22)20-7-6-13-3-5-16-17(10-13)24-9-8-23-16/h2-5,10-11H,6-9H2,1H3,(H2,20,21,22). The average molecular weight is 347 g/mol. The first-order chi connectivity index (χ1) is 11.6. The first-order valence-electron chi connectivity index (χ1n) is 7.81. The van der Waals surface area contributed by atoms with Crippen LogP contribution < -0.4 is 20.1 Å². The molecule has 1 aliphatic heterocycles. The highest BCUT2D eigenvalue weighted by atomic mass is 35.5. The van der Waals surface area contributed by atoms with Crippen LogP contribution in [0.25, 0.3) is 0 Å². The Balaban J connectivity index is 1.51. The molecule has 2 N–H and O–H groups in total. The molecule has 5 nitrogen and oxygen atoms in total. The van der Waals surface area contributed by atoms with Crippen LogP contribution in [0.1, 0.15) is 11.1 Å². The van der Waals surface area contributed by atoms with E-state index in [2.05, 4.69) is 10.6 Å². The topological polar surface area (TPSA) is 59.6 Å².